The first-order chi connectivity index (χ1) is 10.1. The second-order valence-electron chi connectivity index (χ2n) is 5.39. The number of hydrogen-bond donors (Lipinski definition) is 1. The van der Waals surface area contributed by atoms with E-state index in [-0.39, 0.29) is 11.9 Å². The number of nitrogens with two attached hydrogens (primary N) is 1. The number of likely N-dealkylation sites (tertiary alicyclic amines) is 1. The van der Waals surface area contributed by atoms with Gasteiger partial charge in [-0.1, -0.05) is 12.1 Å². The van der Waals surface area contributed by atoms with Gasteiger partial charge in [-0.25, -0.2) is 0 Å². The molecule has 1 aliphatic rings. The highest BCUT2D eigenvalue weighted by Gasteiger charge is 2.26. The molecule has 0 aromatic heterocycles. The molecule has 0 radical (unpaired) electrons. The Balaban J connectivity index is 1.93. The second kappa shape index (κ2) is 7.22. The quantitative estimate of drug-likeness (QED) is 0.835. The Bertz CT molecular complexity index is 499. The molecule has 1 unspecified atom stereocenters. The number of carbonyl (C=O) groups is 2. The molecule has 1 atom stereocenters. The predicted molar refractivity (Wildman–Crippen MR) is 79.6 cm³/mol. The zero-order valence-electron chi connectivity index (χ0n) is 12.4. The Kier molecular flexibility index (Phi) is 5.33. The van der Waals surface area contributed by atoms with Gasteiger partial charge in [0.1, 0.15) is 0 Å². The number of benzene rings is 1. The number of rotatable bonds is 5. The maximum atomic E-state index is 11.8. The largest absolute Gasteiger partial charge is 0.466 e. The highest BCUT2D eigenvalue weighted by atomic mass is 16.5. The van der Waals surface area contributed by atoms with Gasteiger partial charge in [-0.3, -0.25) is 14.5 Å². The molecule has 1 saturated heterocycles. The van der Waals surface area contributed by atoms with Crippen molar-refractivity contribution in [3.63, 3.8) is 0 Å². The lowest BCUT2D eigenvalue weighted by atomic mass is 9.97. The monoisotopic (exact) mass is 290 g/mol. The van der Waals surface area contributed by atoms with E-state index in [9.17, 15) is 9.59 Å². The van der Waals surface area contributed by atoms with Crippen molar-refractivity contribution < 1.29 is 14.3 Å². The molecule has 114 valence electrons. The average molecular weight is 290 g/mol. The fourth-order valence-electron chi connectivity index (χ4n) is 2.68. The maximum absolute atomic E-state index is 11.8. The number of piperidine rings is 1. The molecule has 2 N–H and O–H groups in total. The van der Waals surface area contributed by atoms with E-state index in [0.29, 0.717) is 12.2 Å². The standard InChI is InChI=1S/C16H22N2O3/c1-2-21-16(20)14-4-3-9-18(11-14)10-12-5-7-13(8-6-12)15(17)19/h5-8,14H,2-4,9-11H2,1H3,(H2,17,19). The van der Waals surface area contributed by atoms with Crippen LogP contribution in [0, 0.1) is 5.92 Å². The van der Waals surface area contributed by atoms with Crippen molar-refractivity contribution in [1.82, 2.24) is 4.90 Å². The van der Waals surface area contributed by atoms with Crippen molar-refractivity contribution >= 4 is 11.9 Å². The maximum Gasteiger partial charge on any atom is 0.310 e. The lowest BCUT2D eigenvalue weighted by Crippen LogP contribution is -2.38. The van der Waals surface area contributed by atoms with Gasteiger partial charge in [0.15, 0.2) is 0 Å². The van der Waals surface area contributed by atoms with Gasteiger partial charge in [-0.2, -0.15) is 0 Å². The molecule has 5 heteroatoms. The molecule has 0 saturated carbocycles. The summed E-state index contributed by atoms with van der Waals surface area (Å²) in [7, 11) is 0. The minimum Gasteiger partial charge on any atom is -0.466 e. The van der Waals surface area contributed by atoms with E-state index in [4.69, 9.17) is 10.5 Å². The van der Waals surface area contributed by atoms with Crippen LogP contribution in [0.4, 0.5) is 0 Å². The SMILES string of the molecule is CCOC(=O)C1CCCN(Cc2ccc(C(N)=O)cc2)C1. The van der Waals surface area contributed by atoms with Crippen LogP contribution in [0.1, 0.15) is 35.7 Å². The van der Waals surface area contributed by atoms with E-state index >= 15 is 0 Å². The van der Waals surface area contributed by atoms with Crippen LogP contribution in [0.3, 0.4) is 0 Å². The van der Waals surface area contributed by atoms with Crippen LogP contribution < -0.4 is 5.73 Å². The van der Waals surface area contributed by atoms with Crippen molar-refractivity contribution in [2.45, 2.75) is 26.3 Å². The number of ether oxygens (including phenoxy) is 1. The molecule has 1 aliphatic heterocycles. The van der Waals surface area contributed by atoms with E-state index < -0.39 is 5.91 Å². The summed E-state index contributed by atoms with van der Waals surface area (Å²) in [6.07, 6.45) is 1.90. The Morgan fingerprint density at radius 1 is 1.33 bits per heavy atom. The number of esters is 1. The van der Waals surface area contributed by atoms with Crippen LogP contribution in [0.15, 0.2) is 24.3 Å². The first kappa shape index (κ1) is 15.5. The number of nitrogens with zero attached hydrogens (tertiary/aromatic N) is 1. The molecular formula is C16H22N2O3. The van der Waals surface area contributed by atoms with Crippen LogP contribution >= 0.6 is 0 Å². The van der Waals surface area contributed by atoms with Crippen molar-refractivity contribution in [3.8, 4) is 0 Å². The molecule has 1 amide bonds. The van der Waals surface area contributed by atoms with Crippen molar-refractivity contribution in [2.75, 3.05) is 19.7 Å². The minimum atomic E-state index is -0.415. The molecule has 1 fully saturated rings. The number of primary amides is 1. The smallest absolute Gasteiger partial charge is 0.310 e. The predicted octanol–water partition coefficient (Wildman–Crippen LogP) is 1.56. The number of carbonyl (C=O) groups excluding carboxylic acids is 2. The van der Waals surface area contributed by atoms with Gasteiger partial charge >= 0.3 is 5.97 Å². The molecule has 21 heavy (non-hydrogen) atoms. The summed E-state index contributed by atoms with van der Waals surface area (Å²) in [5, 5.41) is 0. The molecule has 5 nitrogen and oxygen atoms in total. The van der Waals surface area contributed by atoms with Gasteiger partial charge in [-0.05, 0) is 44.0 Å². The van der Waals surface area contributed by atoms with Crippen LogP contribution in [0.25, 0.3) is 0 Å². The number of hydrogen-bond acceptors (Lipinski definition) is 4. The third kappa shape index (κ3) is 4.29. The summed E-state index contributed by atoms with van der Waals surface area (Å²) >= 11 is 0. The van der Waals surface area contributed by atoms with Gasteiger partial charge in [0, 0.05) is 18.7 Å². The first-order valence-corrected chi connectivity index (χ1v) is 7.38. The highest BCUT2D eigenvalue weighted by molar-refractivity contribution is 5.92. The lowest BCUT2D eigenvalue weighted by molar-refractivity contribution is -0.150. The first-order valence-electron chi connectivity index (χ1n) is 7.38. The van der Waals surface area contributed by atoms with E-state index in [1.165, 1.54) is 0 Å². The van der Waals surface area contributed by atoms with Gasteiger partial charge in [0.05, 0.1) is 12.5 Å². The molecule has 0 aliphatic carbocycles. The minimum absolute atomic E-state index is 0.0245. The lowest BCUT2D eigenvalue weighted by Gasteiger charge is -2.31. The molecule has 2 rings (SSSR count). The Labute approximate surface area is 125 Å². The van der Waals surface area contributed by atoms with Gasteiger partial charge in [0.25, 0.3) is 0 Å². The second-order valence-corrected chi connectivity index (χ2v) is 5.39. The fourth-order valence-corrected chi connectivity index (χ4v) is 2.68. The van der Waals surface area contributed by atoms with E-state index in [1.54, 1.807) is 12.1 Å². The zero-order valence-corrected chi connectivity index (χ0v) is 12.4. The number of amides is 1. The summed E-state index contributed by atoms with van der Waals surface area (Å²) in [6.45, 7) is 4.75. The normalized spacial score (nSPS) is 19.2. The van der Waals surface area contributed by atoms with Crippen molar-refractivity contribution in [3.05, 3.63) is 35.4 Å². The Hall–Kier alpha value is -1.88. The molecular weight excluding hydrogens is 268 g/mol. The van der Waals surface area contributed by atoms with Gasteiger partial charge < -0.3 is 10.5 Å². The molecule has 0 bridgehead atoms. The van der Waals surface area contributed by atoms with Gasteiger partial charge in [-0.15, -0.1) is 0 Å². The van der Waals surface area contributed by atoms with Crippen LogP contribution in [-0.2, 0) is 16.1 Å². The summed E-state index contributed by atoms with van der Waals surface area (Å²) in [4.78, 5) is 25.1. The third-order valence-electron chi connectivity index (χ3n) is 3.77. The zero-order chi connectivity index (χ0) is 15.2. The van der Waals surface area contributed by atoms with Crippen molar-refractivity contribution in [2.24, 2.45) is 11.7 Å². The summed E-state index contributed by atoms with van der Waals surface area (Å²) < 4.78 is 5.10. The fraction of sp³-hybridized carbons (Fsp3) is 0.500. The van der Waals surface area contributed by atoms with E-state index in [1.807, 2.05) is 19.1 Å². The van der Waals surface area contributed by atoms with Crippen molar-refractivity contribution in [1.29, 1.82) is 0 Å². The molecule has 1 heterocycles. The van der Waals surface area contributed by atoms with E-state index in [2.05, 4.69) is 4.90 Å². The molecule has 1 aromatic carbocycles. The van der Waals surface area contributed by atoms with E-state index in [0.717, 1.165) is 38.0 Å². The summed E-state index contributed by atoms with van der Waals surface area (Å²) in [6, 6.07) is 7.30. The summed E-state index contributed by atoms with van der Waals surface area (Å²) in [5.41, 5.74) is 6.86. The Morgan fingerprint density at radius 3 is 2.67 bits per heavy atom. The third-order valence-corrected chi connectivity index (χ3v) is 3.77. The molecule has 0 spiro atoms. The highest BCUT2D eigenvalue weighted by Crippen LogP contribution is 2.20. The summed E-state index contributed by atoms with van der Waals surface area (Å²) in [5.74, 6) is -0.531. The molecule has 1 aromatic rings. The Morgan fingerprint density at radius 2 is 2.05 bits per heavy atom. The topological polar surface area (TPSA) is 72.6 Å². The van der Waals surface area contributed by atoms with Crippen LogP contribution in [0.5, 0.6) is 0 Å². The van der Waals surface area contributed by atoms with Crippen LogP contribution in [0.2, 0.25) is 0 Å². The van der Waals surface area contributed by atoms with Crippen LogP contribution in [-0.4, -0.2) is 36.5 Å². The average Bonchev–Trinajstić information content (AvgIpc) is 2.48. The van der Waals surface area contributed by atoms with Gasteiger partial charge in [0.2, 0.25) is 5.91 Å².